The van der Waals surface area contributed by atoms with Gasteiger partial charge in [-0.2, -0.15) is 0 Å². The number of nitrogens with one attached hydrogen (secondary N) is 1. The number of carbonyl (C=O) groups is 2. The van der Waals surface area contributed by atoms with Crippen LogP contribution in [0.5, 0.6) is 0 Å². The molecule has 3 aromatic rings. The third-order valence-electron chi connectivity index (χ3n) is 6.45. The Balaban J connectivity index is 1.90. The van der Waals surface area contributed by atoms with E-state index in [0.29, 0.717) is 5.02 Å². The Hall–Kier alpha value is -2.07. The summed E-state index contributed by atoms with van der Waals surface area (Å²) in [5.41, 5.74) is 3.59. The van der Waals surface area contributed by atoms with Crippen LogP contribution in [0.2, 0.25) is 5.02 Å². The fourth-order valence-corrected chi connectivity index (χ4v) is 7.14. The molecule has 2 amide bonds. The Labute approximate surface area is 241 Å². The quantitative estimate of drug-likeness (QED) is 0.283. The molecular formula is C29H30ClIN2O3S. The summed E-state index contributed by atoms with van der Waals surface area (Å²) in [4.78, 5) is 30.6. The first kappa shape index (κ1) is 28.0. The van der Waals surface area contributed by atoms with E-state index in [4.69, 9.17) is 11.6 Å². The molecule has 4 rings (SSSR count). The van der Waals surface area contributed by atoms with Crippen molar-refractivity contribution >= 4 is 57.8 Å². The summed E-state index contributed by atoms with van der Waals surface area (Å²) in [6, 6.07) is 20.6. The van der Waals surface area contributed by atoms with E-state index in [9.17, 15) is 14.7 Å². The molecule has 8 heteroatoms. The van der Waals surface area contributed by atoms with Gasteiger partial charge < -0.3 is 15.3 Å². The van der Waals surface area contributed by atoms with Gasteiger partial charge in [0.1, 0.15) is 4.75 Å². The first-order valence-electron chi connectivity index (χ1n) is 12.1. The van der Waals surface area contributed by atoms with Crippen LogP contribution in [-0.2, 0) is 22.7 Å². The maximum absolute atomic E-state index is 14.1. The molecule has 0 radical (unpaired) electrons. The Bertz CT molecular complexity index is 1300. The monoisotopic (exact) mass is 648 g/mol. The molecule has 1 fully saturated rings. The lowest BCUT2D eigenvalue weighted by atomic mass is 9.90. The van der Waals surface area contributed by atoms with Gasteiger partial charge in [-0.1, -0.05) is 59.6 Å². The van der Waals surface area contributed by atoms with Crippen molar-refractivity contribution in [2.45, 2.75) is 62.1 Å². The van der Waals surface area contributed by atoms with Crippen LogP contribution in [0.25, 0.3) is 0 Å². The highest BCUT2D eigenvalue weighted by molar-refractivity contribution is 14.1. The number of aryl methyl sites for hydroxylation is 1. The molecule has 0 spiro atoms. The molecule has 0 aliphatic carbocycles. The number of likely N-dealkylation sites (tertiary alicyclic amines) is 1. The summed E-state index contributed by atoms with van der Waals surface area (Å²) < 4.78 is -0.224. The van der Waals surface area contributed by atoms with Gasteiger partial charge in [0.25, 0.3) is 0 Å². The minimum atomic E-state index is -1.11. The smallest absolute Gasteiger partial charge is 0.239 e. The third-order valence-corrected chi connectivity index (χ3v) is 9.18. The standard InChI is InChI=1S/C29H30ClIN2O3S/c1-18(2)32-28(36)29(37-22-11-8-19(3)9-12-22)15-26(35)33(16-21-6-4-5-7-24(21)30)27(29)23-13-10-20(17-34)14-25(23)31/h4-14,18,27,34H,15-17H2,1-3H3,(H,32,36)/t27-,29-/m1/s1. The Kier molecular flexibility index (Phi) is 8.89. The second-order valence-corrected chi connectivity index (χ2v) is 12.6. The van der Waals surface area contributed by atoms with E-state index in [-0.39, 0.29) is 37.4 Å². The van der Waals surface area contributed by atoms with Crippen molar-refractivity contribution in [3.63, 3.8) is 0 Å². The lowest BCUT2D eigenvalue weighted by molar-refractivity contribution is -0.129. The van der Waals surface area contributed by atoms with Gasteiger partial charge in [-0.15, -0.1) is 11.8 Å². The van der Waals surface area contributed by atoms with Crippen LogP contribution < -0.4 is 5.32 Å². The number of carbonyl (C=O) groups excluding carboxylic acids is 2. The Morgan fingerprint density at radius 2 is 1.89 bits per heavy atom. The minimum absolute atomic E-state index is 0.0526. The molecule has 3 aromatic carbocycles. The maximum atomic E-state index is 14.1. The summed E-state index contributed by atoms with van der Waals surface area (Å²) >= 11 is 10.2. The van der Waals surface area contributed by atoms with E-state index in [1.165, 1.54) is 11.8 Å². The number of hydrogen-bond acceptors (Lipinski definition) is 4. The van der Waals surface area contributed by atoms with Gasteiger partial charge in [0.2, 0.25) is 11.8 Å². The molecule has 2 N–H and O–H groups in total. The second kappa shape index (κ2) is 11.8. The zero-order valence-electron chi connectivity index (χ0n) is 21.0. The average molecular weight is 649 g/mol. The van der Waals surface area contributed by atoms with Crippen molar-refractivity contribution in [3.05, 3.63) is 97.6 Å². The van der Waals surface area contributed by atoms with Crippen molar-refractivity contribution in [3.8, 4) is 0 Å². The van der Waals surface area contributed by atoms with E-state index < -0.39 is 10.8 Å². The van der Waals surface area contributed by atoms with Gasteiger partial charge in [0, 0.05) is 26.1 Å². The zero-order valence-corrected chi connectivity index (χ0v) is 24.7. The predicted octanol–water partition coefficient (Wildman–Crippen LogP) is 6.27. The van der Waals surface area contributed by atoms with E-state index in [2.05, 4.69) is 27.9 Å². The largest absolute Gasteiger partial charge is 0.392 e. The van der Waals surface area contributed by atoms with Gasteiger partial charge in [-0.05, 0) is 84.3 Å². The summed E-state index contributed by atoms with van der Waals surface area (Å²) in [6.45, 7) is 6.07. The number of amides is 2. The Morgan fingerprint density at radius 1 is 1.19 bits per heavy atom. The van der Waals surface area contributed by atoms with E-state index >= 15 is 0 Å². The third kappa shape index (κ3) is 6.00. The van der Waals surface area contributed by atoms with Crippen molar-refractivity contribution in [1.29, 1.82) is 0 Å². The molecule has 194 valence electrons. The molecule has 0 saturated carbocycles. The molecule has 0 unspecified atom stereocenters. The highest BCUT2D eigenvalue weighted by Gasteiger charge is 2.58. The fraction of sp³-hybridized carbons (Fsp3) is 0.310. The SMILES string of the molecule is Cc1ccc(S[C@]2(C(=O)NC(C)C)CC(=O)N(Cc3ccccc3Cl)[C@@H]2c2ccc(CO)cc2I)cc1. The van der Waals surface area contributed by atoms with Crippen molar-refractivity contribution in [2.24, 2.45) is 0 Å². The first-order chi connectivity index (χ1) is 17.6. The second-order valence-electron chi connectivity index (χ2n) is 9.64. The number of aliphatic hydroxyl groups is 1. The number of nitrogens with zero attached hydrogens (tertiary/aromatic N) is 1. The van der Waals surface area contributed by atoms with Gasteiger partial charge in [0.15, 0.2) is 0 Å². The number of thioether (sulfide) groups is 1. The summed E-state index contributed by atoms with van der Waals surface area (Å²) in [7, 11) is 0. The molecule has 2 atom stereocenters. The van der Waals surface area contributed by atoms with Crippen molar-refractivity contribution in [1.82, 2.24) is 10.2 Å². The molecule has 0 aromatic heterocycles. The van der Waals surface area contributed by atoms with E-state index in [1.54, 1.807) is 4.90 Å². The first-order valence-corrected chi connectivity index (χ1v) is 14.4. The molecule has 0 bridgehead atoms. The Morgan fingerprint density at radius 3 is 2.51 bits per heavy atom. The number of hydrogen-bond donors (Lipinski definition) is 2. The van der Waals surface area contributed by atoms with Crippen LogP contribution in [-0.4, -0.2) is 32.6 Å². The molecule has 1 saturated heterocycles. The topological polar surface area (TPSA) is 69.6 Å². The van der Waals surface area contributed by atoms with Gasteiger partial charge >= 0.3 is 0 Å². The molecular weight excluding hydrogens is 619 g/mol. The van der Waals surface area contributed by atoms with Crippen LogP contribution in [0.1, 0.15) is 48.6 Å². The summed E-state index contributed by atoms with van der Waals surface area (Å²) in [5, 5.41) is 13.4. The molecule has 1 heterocycles. The normalized spacial score (nSPS) is 19.5. The van der Waals surface area contributed by atoms with Crippen LogP contribution >= 0.6 is 46.0 Å². The van der Waals surface area contributed by atoms with E-state index in [0.717, 1.165) is 30.7 Å². The van der Waals surface area contributed by atoms with Crippen LogP contribution in [0, 0.1) is 10.5 Å². The molecule has 5 nitrogen and oxygen atoms in total. The fourth-order valence-electron chi connectivity index (χ4n) is 4.66. The number of halogens is 2. The lowest BCUT2D eigenvalue weighted by Gasteiger charge is -2.37. The predicted molar refractivity (Wildman–Crippen MR) is 157 cm³/mol. The number of rotatable bonds is 8. The summed E-state index contributed by atoms with van der Waals surface area (Å²) in [5.74, 6) is -0.277. The van der Waals surface area contributed by atoms with Crippen LogP contribution in [0.4, 0.5) is 0 Å². The molecule has 37 heavy (non-hydrogen) atoms. The van der Waals surface area contributed by atoms with Crippen LogP contribution in [0.15, 0.2) is 71.6 Å². The number of benzene rings is 3. The van der Waals surface area contributed by atoms with Gasteiger partial charge in [-0.3, -0.25) is 9.59 Å². The maximum Gasteiger partial charge on any atom is 0.239 e. The average Bonchev–Trinajstić information content (AvgIpc) is 3.13. The lowest BCUT2D eigenvalue weighted by Crippen LogP contribution is -2.50. The zero-order chi connectivity index (χ0) is 26.7. The van der Waals surface area contributed by atoms with E-state index in [1.807, 2.05) is 87.5 Å². The van der Waals surface area contributed by atoms with Crippen molar-refractivity contribution in [2.75, 3.05) is 0 Å². The number of aliphatic hydroxyl groups excluding tert-OH is 1. The molecule has 1 aliphatic rings. The molecule has 1 aliphatic heterocycles. The van der Waals surface area contributed by atoms with Gasteiger partial charge in [0.05, 0.1) is 19.1 Å². The minimum Gasteiger partial charge on any atom is -0.392 e. The van der Waals surface area contributed by atoms with Crippen molar-refractivity contribution < 1.29 is 14.7 Å². The summed E-state index contributed by atoms with van der Waals surface area (Å²) in [6.07, 6.45) is 0.0526. The highest BCUT2D eigenvalue weighted by Crippen LogP contribution is 2.54. The van der Waals surface area contributed by atoms with Gasteiger partial charge in [-0.25, -0.2) is 0 Å². The highest BCUT2D eigenvalue weighted by atomic mass is 127. The van der Waals surface area contributed by atoms with Crippen LogP contribution in [0.3, 0.4) is 0 Å².